The zero-order chi connectivity index (χ0) is 16.4. The van der Waals surface area contributed by atoms with Gasteiger partial charge in [-0.15, -0.1) is 0 Å². The molecular weight excluding hydrogens is 290 g/mol. The molecule has 0 heterocycles. The number of rotatable bonds is 6. The molecule has 7 heteroatoms. The highest BCUT2D eigenvalue weighted by Crippen LogP contribution is 2.02. The summed E-state index contributed by atoms with van der Waals surface area (Å²) in [5.74, 6) is -1.35. The third-order valence-electron chi connectivity index (χ3n) is 2.56. The molecule has 1 rings (SSSR count). The molecule has 0 atom stereocenters. The lowest BCUT2D eigenvalue weighted by Crippen LogP contribution is -2.29. The van der Waals surface area contributed by atoms with Gasteiger partial charge in [-0.05, 0) is 11.6 Å². The van der Waals surface area contributed by atoms with E-state index in [1.165, 1.54) is 13.2 Å². The van der Waals surface area contributed by atoms with E-state index in [4.69, 9.17) is 4.74 Å². The Hall–Kier alpha value is -2.83. The molecular formula is C15H17NO6. The molecule has 0 saturated carbocycles. The van der Waals surface area contributed by atoms with Crippen molar-refractivity contribution in [3.63, 3.8) is 0 Å². The molecule has 0 unspecified atom stereocenters. The second-order valence-corrected chi connectivity index (χ2v) is 4.08. The summed E-state index contributed by atoms with van der Waals surface area (Å²) in [6, 6.07) is 9.05. The van der Waals surface area contributed by atoms with Gasteiger partial charge in [-0.2, -0.15) is 0 Å². The van der Waals surface area contributed by atoms with E-state index in [0.29, 0.717) is 0 Å². The van der Waals surface area contributed by atoms with Crippen LogP contribution in [0.25, 0.3) is 0 Å². The maximum atomic E-state index is 11.7. The first-order valence-corrected chi connectivity index (χ1v) is 6.39. The van der Waals surface area contributed by atoms with E-state index in [2.05, 4.69) is 14.8 Å². The SMILES string of the molecule is COC(=O)C/C=C(\NC(=O)OCc1ccccc1)C(=O)OC. The Morgan fingerprint density at radius 1 is 1.09 bits per heavy atom. The number of hydrogen-bond acceptors (Lipinski definition) is 6. The van der Waals surface area contributed by atoms with Crippen molar-refractivity contribution in [2.75, 3.05) is 14.2 Å². The van der Waals surface area contributed by atoms with Gasteiger partial charge in [0.05, 0.1) is 20.6 Å². The Balaban J connectivity index is 2.59. The topological polar surface area (TPSA) is 90.9 Å². The zero-order valence-corrected chi connectivity index (χ0v) is 12.3. The maximum Gasteiger partial charge on any atom is 0.412 e. The van der Waals surface area contributed by atoms with Gasteiger partial charge in [0, 0.05) is 0 Å². The third-order valence-corrected chi connectivity index (χ3v) is 2.56. The summed E-state index contributed by atoms with van der Waals surface area (Å²) in [4.78, 5) is 34.2. The summed E-state index contributed by atoms with van der Waals surface area (Å²) in [7, 11) is 2.38. The molecule has 0 aliphatic carbocycles. The number of nitrogens with one attached hydrogen (secondary N) is 1. The number of carbonyl (C=O) groups is 3. The molecule has 0 bridgehead atoms. The number of amides is 1. The van der Waals surface area contributed by atoms with E-state index >= 15 is 0 Å². The average molecular weight is 307 g/mol. The van der Waals surface area contributed by atoms with Gasteiger partial charge in [0.15, 0.2) is 0 Å². The van der Waals surface area contributed by atoms with Crippen LogP contribution in [0.5, 0.6) is 0 Å². The van der Waals surface area contributed by atoms with Gasteiger partial charge in [-0.25, -0.2) is 9.59 Å². The van der Waals surface area contributed by atoms with E-state index < -0.39 is 18.0 Å². The van der Waals surface area contributed by atoms with Gasteiger partial charge in [-0.3, -0.25) is 10.1 Å². The van der Waals surface area contributed by atoms with Crippen molar-refractivity contribution in [3.8, 4) is 0 Å². The van der Waals surface area contributed by atoms with Gasteiger partial charge in [0.2, 0.25) is 0 Å². The summed E-state index contributed by atoms with van der Waals surface area (Å²) in [6.07, 6.45) is 0.187. The Kier molecular flexibility index (Phi) is 7.18. The quantitative estimate of drug-likeness (QED) is 0.487. The first kappa shape index (κ1) is 17.2. The lowest BCUT2D eigenvalue weighted by molar-refractivity contribution is -0.139. The molecule has 0 spiro atoms. The summed E-state index contributed by atoms with van der Waals surface area (Å²) in [5.41, 5.74) is 0.613. The van der Waals surface area contributed by atoms with Crippen LogP contribution in [0.2, 0.25) is 0 Å². The molecule has 0 aromatic heterocycles. The largest absolute Gasteiger partial charge is 0.469 e. The minimum Gasteiger partial charge on any atom is -0.469 e. The molecule has 7 nitrogen and oxygen atoms in total. The van der Waals surface area contributed by atoms with E-state index in [0.717, 1.165) is 12.7 Å². The first-order valence-electron chi connectivity index (χ1n) is 6.39. The van der Waals surface area contributed by atoms with Crippen molar-refractivity contribution < 1.29 is 28.6 Å². The number of carbonyl (C=O) groups excluding carboxylic acids is 3. The molecule has 0 aliphatic rings. The molecule has 1 amide bonds. The first-order chi connectivity index (χ1) is 10.6. The number of benzene rings is 1. The van der Waals surface area contributed by atoms with E-state index in [1.54, 1.807) is 12.1 Å². The normalized spacial score (nSPS) is 10.5. The second kappa shape index (κ2) is 9.17. The highest BCUT2D eigenvalue weighted by molar-refractivity contribution is 5.92. The van der Waals surface area contributed by atoms with Gasteiger partial charge < -0.3 is 14.2 Å². The Labute approximate surface area is 127 Å². The van der Waals surface area contributed by atoms with Gasteiger partial charge in [0.1, 0.15) is 12.3 Å². The molecule has 0 radical (unpaired) electrons. The van der Waals surface area contributed by atoms with Gasteiger partial charge in [-0.1, -0.05) is 30.3 Å². The van der Waals surface area contributed by atoms with Crippen molar-refractivity contribution in [1.82, 2.24) is 5.32 Å². The number of methoxy groups -OCH3 is 2. The van der Waals surface area contributed by atoms with Crippen LogP contribution in [0.4, 0.5) is 4.79 Å². The number of alkyl carbamates (subject to hydrolysis) is 1. The number of esters is 2. The van der Waals surface area contributed by atoms with Crippen LogP contribution in [0, 0.1) is 0 Å². The highest BCUT2D eigenvalue weighted by atomic mass is 16.6. The van der Waals surface area contributed by atoms with Crippen LogP contribution >= 0.6 is 0 Å². The minimum absolute atomic E-state index is 0.0537. The van der Waals surface area contributed by atoms with Crippen LogP contribution < -0.4 is 5.32 Å². The molecule has 1 aromatic carbocycles. The fraction of sp³-hybridized carbons (Fsp3) is 0.267. The third kappa shape index (κ3) is 6.08. The summed E-state index contributed by atoms with van der Waals surface area (Å²) < 4.78 is 13.9. The number of hydrogen-bond donors (Lipinski definition) is 1. The van der Waals surface area contributed by atoms with E-state index in [1.807, 2.05) is 18.2 Å². The summed E-state index contributed by atoms with van der Waals surface area (Å²) >= 11 is 0. The molecule has 0 aliphatic heterocycles. The van der Waals surface area contributed by atoms with Gasteiger partial charge >= 0.3 is 18.0 Å². The fourth-order valence-electron chi connectivity index (χ4n) is 1.43. The Morgan fingerprint density at radius 3 is 2.36 bits per heavy atom. The molecule has 1 aromatic rings. The van der Waals surface area contributed by atoms with Crippen LogP contribution in [-0.4, -0.2) is 32.3 Å². The van der Waals surface area contributed by atoms with Crippen molar-refractivity contribution in [2.45, 2.75) is 13.0 Å². The van der Waals surface area contributed by atoms with E-state index in [9.17, 15) is 14.4 Å². The smallest absolute Gasteiger partial charge is 0.412 e. The lowest BCUT2D eigenvalue weighted by atomic mass is 10.2. The maximum absolute atomic E-state index is 11.7. The Morgan fingerprint density at radius 2 is 1.77 bits per heavy atom. The van der Waals surface area contributed by atoms with Crippen molar-refractivity contribution in [2.24, 2.45) is 0 Å². The minimum atomic E-state index is -0.828. The van der Waals surface area contributed by atoms with Crippen molar-refractivity contribution in [3.05, 3.63) is 47.7 Å². The fourth-order valence-corrected chi connectivity index (χ4v) is 1.43. The molecule has 118 valence electrons. The predicted octanol–water partition coefficient (Wildman–Crippen LogP) is 1.53. The average Bonchev–Trinajstić information content (AvgIpc) is 2.56. The standard InChI is InChI=1S/C15H17NO6/c1-20-13(17)9-8-12(14(18)21-2)16-15(19)22-10-11-6-4-3-5-7-11/h3-8H,9-10H2,1-2H3,(H,16,19)/b12-8-. The molecule has 0 fully saturated rings. The summed E-state index contributed by atoms with van der Waals surface area (Å²) in [5, 5.41) is 2.24. The molecule has 22 heavy (non-hydrogen) atoms. The highest BCUT2D eigenvalue weighted by Gasteiger charge is 2.15. The molecule has 1 N–H and O–H groups in total. The van der Waals surface area contributed by atoms with Crippen LogP contribution in [0.3, 0.4) is 0 Å². The molecule has 0 saturated heterocycles. The van der Waals surface area contributed by atoms with E-state index in [-0.39, 0.29) is 18.7 Å². The number of ether oxygens (including phenoxy) is 3. The van der Waals surface area contributed by atoms with Crippen molar-refractivity contribution >= 4 is 18.0 Å². The van der Waals surface area contributed by atoms with Crippen LogP contribution in [0.15, 0.2) is 42.1 Å². The van der Waals surface area contributed by atoms with Crippen LogP contribution in [-0.2, 0) is 30.4 Å². The Bertz CT molecular complexity index is 552. The van der Waals surface area contributed by atoms with Gasteiger partial charge in [0.25, 0.3) is 0 Å². The predicted molar refractivity (Wildman–Crippen MR) is 76.5 cm³/mol. The lowest BCUT2D eigenvalue weighted by Gasteiger charge is -2.09. The van der Waals surface area contributed by atoms with Crippen molar-refractivity contribution in [1.29, 1.82) is 0 Å². The second-order valence-electron chi connectivity index (χ2n) is 4.08. The summed E-state index contributed by atoms with van der Waals surface area (Å²) in [6.45, 7) is 0.0537. The van der Waals surface area contributed by atoms with Crippen LogP contribution in [0.1, 0.15) is 12.0 Å². The zero-order valence-electron chi connectivity index (χ0n) is 12.3. The monoisotopic (exact) mass is 307 g/mol.